The topological polar surface area (TPSA) is 51.0 Å². The van der Waals surface area contributed by atoms with Gasteiger partial charge in [0.1, 0.15) is 5.82 Å². The summed E-state index contributed by atoms with van der Waals surface area (Å²) in [5.41, 5.74) is 1.78. The molecule has 1 aromatic heterocycles. The van der Waals surface area contributed by atoms with Crippen molar-refractivity contribution in [2.45, 2.75) is 38.8 Å². The Hall–Kier alpha value is -2.69. The lowest BCUT2D eigenvalue weighted by atomic mass is 10.1. The number of hydrogen-bond donors (Lipinski definition) is 0. The van der Waals surface area contributed by atoms with Crippen molar-refractivity contribution < 1.29 is 4.79 Å². The van der Waals surface area contributed by atoms with Crippen LogP contribution in [-0.4, -0.2) is 20.7 Å². The van der Waals surface area contributed by atoms with Crippen LogP contribution in [0.2, 0.25) is 0 Å². The van der Waals surface area contributed by atoms with Crippen molar-refractivity contribution in [1.29, 1.82) is 0 Å². The van der Waals surface area contributed by atoms with E-state index in [0.29, 0.717) is 6.54 Å². The molecule has 24 heavy (non-hydrogen) atoms. The molecule has 5 heteroatoms. The van der Waals surface area contributed by atoms with Crippen molar-refractivity contribution in [3.63, 3.8) is 0 Å². The van der Waals surface area contributed by atoms with Gasteiger partial charge in [0, 0.05) is 23.9 Å². The molecule has 0 radical (unpaired) electrons. The lowest BCUT2D eigenvalue weighted by Gasteiger charge is -2.18. The monoisotopic (exact) mass is 318 g/mol. The molecule has 3 heterocycles. The van der Waals surface area contributed by atoms with Gasteiger partial charge in [0.15, 0.2) is 5.82 Å². The van der Waals surface area contributed by atoms with Gasteiger partial charge >= 0.3 is 0 Å². The van der Waals surface area contributed by atoms with Crippen LogP contribution in [0.1, 0.15) is 41.3 Å². The van der Waals surface area contributed by atoms with Crippen LogP contribution in [0.15, 0.2) is 36.4 Å². The summed E-state index contributed by atoms with van der Waals surface area (Å²) in [6, 6.07) is 12.0. The van der Waals surface area contributed by atoms with Crippen molar-refractivity contribution in [3.8, 4) is 0 Å². The molecular formula is C19H18N4O. The minimum absolute atomic E-state index is 0.0628. The second-order valence-corrected chi connectivity index (χ2v) is 6.57. The number of carbonyl (C=O) groups excluding carboxylic acids is 1. The lowest BCUT2D eigenvalue weighted by Crippen LogP contribution is -2.28. The van der Waals surface area contributed by atoms with Crippen molar-refractivity contribution in [3.05, 3.63) is 53.6 Å². The molecule has 1 amide bonds. The maximum Gasteiger partial charge on any atom is 0.259 e. The van der Waals surface area contributed by atoms with E-state index >= 15 is 0 Å². The summed E-state index contributed by atoms with van der Waals surface area (Å²) in [5.74, 6) is 2.02. The van der Waals surface area contributed by atoms with Crippen LogP contribution in [0.3, 0.4) is 0 Å². The minimum atomic E-state index is 0.0628. The highest BCUT2D eigenvalue weighted by molar-refractivity contribution is 6.24. The number of fused-ring (bicyclic) bond motifs is 1. The number of aromatic nitrogens is 3. The number of carbonyl (C=O) groups is 1. The Labute approximate surface area is 139 Å². The number of nitrogens with zero attached hydrogens (tertiary/aromatic N) is 4. The molecule has 5 nitrogen and oxygen atoms in total. The summed E-state index contributed by atoms with van der Waals surface area (Å²) in [4.78, 5) is 14.8. The molecule has 0 saturated heterocycles. The second kappa shape index (κ2) is 5.16. The van der Waals surface area contributed by atoms with Gasteiger partial charge in [-0.3, -0.25) is 4.79 Å². The first-order chi connectivity index (χ1) is 11.8. The number of rotatable bonds is 2. The minimum Gasteiger partial charge on any atom is -0.313 e. The highest BCUT2D eigenvalue weighted by atomic mass is 16.2. The van der Waals surface area contributed by atoms with Gasteiger partial charge in [-0.1, -0.05) is 30.7 Å². The zero-order chi connectivity index (χ0) is 16.1. The Morgan fingerprint density at radius 2 is 1.88 bits per heavy atom. The van der Waals surface area contributed by atoms with Crippen molar-refractivity contribution in [2.75, 3.05) is 4.90 Å². The molecule has 0 atom stereocenters. The van der Waals surface area contributed by atoms with E-state index in [-0.39, 0.29) is 5.91 Å². The molecule has 0 saturated carbocycles. The quantitative estimate of drug-likeness (QED) is 0.728. The van der Waals surface area contributed by atoms with Gasteiger partial charge in [0.2, 0.25) is 0 Å². The van der Waals surface area contributed by atoms with Crippen LogP contribution in [-0.2, 0) is 19.5 Å². The molecule has 0 unspecified atom stereocenters. The van der Waals surface area contributed by atoms with E-state index < -0.39 is 0 Å². The SMILES string of the molecule is O=C1c2cccc3cccc(c23)N1Cc1nnc2n1CCCCC2. The third kappa shape index (κ3) is 1.90. The number of benzene rings is 2. The van der Waals surface area contributed by atoms with Crippen LogP contribution in [0, 0.1) is 0 Å². The van der Waals surface area contributed by atoms with E-state index in [1.807, 2.05) is 29.2 Å². The number of amides is 1. The Morgan fingerprint density at radius 3 is 2.79 bits per heavy atom. The molecule has 2 aliphatic heterocycles. The Balaban J connectivity index is 1.57. The van der Waals surface area contributed by atoms with Crippen LogP contribution in [0.4, 0.5) is 5.69 Å². The van der Waals surface area contributed by atoms with Gasteiger partial charge in [-0.2, -0.15) is 0 Å². The number of anilines is 1. The van der Waals surface area contributed by atoms with E-state index in [4.69, 9.17) is 0 Å². The largest absolute Gasteiger partial charge is 0.313 e. The van der Waals surface area contributed by atoms with Crippen LogP contribution < -0.4 is 4.90 Å². The molecule has 0 aliphatic carbocycles. The summed E-state index contributed by atoms with van der Waals surface area (Å²) in [7, 11) is 0. The van der Waals surface area contributed by atoms with Gasteiger partial charge < -0.3 is 9.47 Å². The number of aryl methyl sites for hydroxylation is 1. The van der Waals surface area contributed by atoms with E-state index in [1.54, 1.807) is 0 Å². The van der Waals surface area contributed by atoms with Gasteiger partial charge in [0.05, 0.1) is 12.2 Å². The Bertz CT molecular complexity index is 954. The van der Waals surface area contributed by atoms with Crippen molar-refractivity contribution >= 4 is 22.4 Å². The summed E-state index contributed by atoms with van der Waals surface area (Å²) >= 11 is 0. The molecule has 0 bridgehead atoms. The molecular weight excluding hydrogens is 300 g/mol. The van der Waals surface area contributed by atoms with Crippen LogP contribution in [0.5, 0.6) is 0 Å². The van der Waals surface area contributed by atoms with E-state index in [1.165, 1.54) is 12.8 Å². The third-order valence-corrected chi connectivity index (χ3v) is 5.13. The maximum absolute atomic E-state index is 12.9. The van der Waals surface area contributed by atoms with Gasteiger partial charge in [-0.15, -0.1) is 10.2 Å². The van der Waals surface area contributed by atoms with Crippen molar-refractivity contribution in [1.82, 2.24) is 14.8 Å². The normalized spacial score (nSPS) is 16.5. The first-order valence-electron chi connectivity index (χ1n) is 8.57. The van der Waals surface area contributed by atoms with Crippen LogP contribution >= 0.6 is 0 Å². The predicted octanol–water partition coefficient (Wildman–Crippen LogP) is 3.32. The highest BCUT2D eigenvalue weighted by Gasteiger charge is 2.31. The molecule has 2 aromatic carbocycles. The standard InChI is InChI=1S/C19H18N4O/c24-19-14-8-4-6-13-7-5-9-15(18(13)14)23(19)12-17-21-20-16-10-2-1-3-11-22(16)17/h4-9H,1-3,10-12H2. The maximum atomic E-state index is 12.9. The molecule has 5 rings (SSSR count). The molecule has 0 N–H and O–H groups in total. The summed E-state index contributed by atoms with van der Waals surface area (Å²) in [6.07, 6.45) is 4.54. The fourth-order valence-corrected chi connectivity index (χ4v) is 3.94. The van der Waals surface area contributed by atoms with Gasteiger partial charge in [0.25, 0.3) is 5.91 Å². The van der Waals surface area contributed by atoms with E-state index in [2.05, 4.69) is 26.9 Å². The summed E-state index contributed by atoms with van der Waals surface area (Å²) < 4.78 is 2.21. The molecule has 2 aliphatic rings. The highest BCUT2D eigenvalue weighted by Crippen LogP contribution is 2.37. The fourth-order valence-electron chi connectivity index (χ4n) is 3.94. The first-order valence-corrected chi connectivity index (χ1v) is 8.57. The molecule has 0 fully saturated rings. The summed E-state index contributed by atoms with van der Waals surface area (Å²) in [6.45, 7) is 1.44. The number of hydrogen-bond acceptors (Lipinski definition) is 3. The van der Waals surface area contributed by atoms with Crippen molar-refractivity contribution in [2.24, 2.45) is 0 Å². The van der Waals surface area contributed by atoms with E-state index in [9.17, 15) is 4.79 Å². The third-order valence-electron chi connectivity index (χ3n) is 5.13. The predicted molar refractivity (Wildman–Crippen MR) is 92.0 cm³/mol. The van der Waals surface area contributed by atoms with Crippen LogP contribution in [0.25, 0.3) is 10.8 Å². The lowest BCUT2D eigenvalue weighted by molar-refractivity contribution is 0.0990. The fraction of sp³-hybridized carbons (Fsp3) is 0.316. The summed E-state index contributed by atoms with van der Waals surface area (Å²) in [5, 5.41) is 10.9. The van der Waals surface area contributed by atoms with Gasteiger partial charge in [-0.25, -0.2) is 0 Å². The molecule has 0 spiro atoms. The first kappa shape index (κ1) is 13.7. The zero-order valence-corrected chi connectivity index (χ0v) is 13.4. The second-order valence-electron chi connectivity index (χ2n) is 6.57. The smallest absolute Gasteiger partial charge is 0.259 e. The van der Waals surface area contributed by atoms with E-state index in [0.717, 1.165) is 53.1 Å². The molecule has 3 aromatic rings. The molecule has 120 valence electrons. The zero-order valence-electron chi connectivity index (χ0n) is 13.4. The average Bonchev–Trinajstić information content (AvgIpc) is 3.00. The average molecular weight is 318 g/mol. The van der Waals surface area contributed by atoms with Gasteiger partial charge in [-0.05, 0) is 30.4 Å². The Kier molecular flexibility index (Phi) is 2.95. The Morgan fingerprint density at radius 1 is 1.00 bits per heavy atom.